The van der Waals surface area contributed by atoms with Crippen molar-refractivity contribution in [2.45, 2.75) is 46.9 Å². The number of carbonyl (C=O) groups is 1. The molecule has 7 nitrogen and oxygen atoms in total. The van der Waals surface area contributed by atoms with Crippen LogP contribution in [-0.4, -0.2) is 24.1 Å². The molecule has 4 unspecified atom stereocenters. The van der Waals surface area contributed by atoms with Gasteiger partial charge in [-0.2, -0.15) is 0 Å². The van der Waals surface area contributed by atoms with Crippen LogP contribution in [0.3, 0.4) is 0 Å². The predicted molar refractivity (Wildman–Crippen MR) is 147 cm³/mol. The quantitative estimate of drug-likeness (QED) is 0.423. The van der Waals surface area contributed by atoms with E-state index in [-0.39, 0.29) is 28.1 Å². The SMILES string of the molecule is NS(=O)(=O)c1ccc(NC(=O)Cn2c3c(sc2=O)[C@@H](c2cccc(Cl)c2Cl)C2C4CCC(C4)C2S3)cc1. The van der Waals surface area contributed by atoms with Crippen LogP contribution < -0.4 is 15.3 Å². The summed E-state index contributed by atoms with van der Waals surface area (Å²) in [6.45, 7) is -0.143. The molecule has 2 aliphatic carbocycles. The minimum Gasteiger partial charge on any atom is -0.325 e. The van der Waals surface area contributed by atoms with Crippen LogP contribution in [0.2, 0.25) is 10.0 Å². The largest absolute Gasteiger partial charge is 0.325 e. The summed E-state index contributed by atoms with van der Waals surface area (Å²) in [7, 11) is -3.83. The van der Waals surface area contributed by atoms with E-state index in [9.17, 15) is 18.0 Å². The van der Waals surface area contributed by atoms with Crippen molar-refractivity contribution in [3.63, 3.8) is 0 Å². The summed E-state index contributed by atoms with van der Waals surface area (Å²) in [4.78, 5) is 26.9. The maximum atomic E-state index is 13.2. The summed E-state index contributed by atoms with van der Waals surface area (Å²) in [5, 5.41) is 10.1. The Bertz CT molecular complexity index is 1570. The van der Waals surface area contributed by atoms with Crippen LogP contribution in [0.15, 0.2) is 57.2 Å². The first kappa shape index (κ1) is 25.5. The van der Waals surface area contributed by atoms with Crippen molar-refractivity contribution in [2.75, 3.05) is 5.32 Å². The summed E-state index contributed by atoms with van der Waals surface area (Å²) in [5.74, 6) is 1.15. The number of carbonyl (C=O) groups excluding carboxylic acids is 1. The fourth-order valence-corrected chi connectivity index (χ4v) is 10.4. The molecule has 1 aliphatic heterocycles. The molecule has 0 radical (unpaired) electrons. The van der Waals surface area contributed by atoms with Gasteiger partial charge in [-0.3, -0.25) is 14.2 Å². The van der Waals surface area contributed by atoms with Gasteiger partial charge in [0.15, 0.2) is 0 Å². The van der Waals surface area contributed by atoms with Crippen LogP contribution in [0.5, 0.6) is 0 Å². The van der Waals surface area contributed by atoms with E-state index in [0.29, 0.717) is 38.7 Å². The highest BCUT2D eigenvalue weighted by Crippen LogP contribution is 2.64. The monoisotopic (exact) mass is 595 g/mol. The number of benzene rings is 2. The lowest BCUT2D eigenvalue weighted by molar-refractivity contribution is -0.116. The van der Waals surface area contributed by atoms with Crippen LogP contribution >= 0.6 is 46.3 Å². The first-order valence-electron chi connectivity index (χ1n) is 11.9. The first-order valence-corrected chi connectivity index (χ1v) is 15.9. The Kier molecular flexibility index (Phi) is 6.49. The molecule has 3 N–H and O–H groups in total. The van der Waals surface area contributed by atoms with Gasteiger partial charge in [0.25, 0.3) is 0 Å². The van der Waals surface area contributed by atoms with E-state index < -0.39 is 10.0 Å². The molecule has 194 valence electrons. The maximum absolute atomic E-state index is 13.2. The molecule has 37 heavy (non-hydrogen) atoms. The molecule has 1 amide bonds. The number of thiazole rings is 1. The highest BCUT2D eigenvalue weighted by Gasteiger charge is 2.55. The van der Waals surface area contributed by atoms with Gasteiger partial charge in [0, 0.05) is 21.7 Å². The minimum absolute atomic E-state index is 0.0319. The summed E-state index contributed by atoms with van der Waals surface area (Å²) in [6.07, 6.45) is 3.57. The zero-order chi connectivity index (χ0) is 26.1. The van der Waals surface area contributed by atoms with Crippen LogP contribution in [-0.2, 0) is 21.4 Å². The van der Waals surface area contributed by atoms with Gasteiger partial charge in [-0.1, -0.05) is 46.7 Å². The molecule has 12 heteroatoms. The molecule has 5 atom stereocenters. The second-order valence-electron chi connectivity index (χ2n) is 9.85. The third kappa shape index (κ3) is 4.45. The van der Waals surface area contributed by atoms with Crippen molar-refractivity contribution in [2.24, 2.45) is 22.9 Å². The third-order valence-corrected chi connectivity index (χ3v) is 12.4. The molecular formula is C25H23Cl2N3O4S3. The number of nitrogens with one attached hydrogen (secondary N) is 1. The Balaban J connectivity index is 1.34. The minimum atomic E-state index is -3.83. The summed E-state index contributed by atoms with van der Waals surface area (Å²) in [5.41, 5.74) is 1.37. The average Bonchev–Trinajstić information content (AvgIpc) is 3.54. The van der Waals surface area contributed by atoms with Crippen molar-refractivity contribution in [1.29, 1.82) is 0 Å². The van der Waals surface area contributed by atoms with Crippen molar-refractivity contribution in [1.82, 2.24) is 4.57 Å². The van der Waals surface area contributed by atoms with Crippen molar-refractivity contribution in [3.8, 4) is 0 Å². The predicted octanol–water partition coefficient (Wildman–Crippen LogP) is 5.16. The number of anilines is 1. The number of hydrogen-bond acceptors (Lipinski definition) is 6. The number of nitrogens with two attached hydrogens (primary N) is 1. The average molecular weight is 597 g/mol. The fraction of sp³-hybridized carbons (Fsp3) is 0.360. The third-order valence-electron chi connectivity index (χ3n) is 7.78. The van der Waals surface area contributed by atoms with E-state index in [1.807, 2.05) is 12.1 Å². The first-order chi connectivity index (χ1) is 17.6. The number of sulfonamides is 1. The molecule has 2 bridgehead atoms. The number of rotatable bonds is 5. The number of primary sulfonamides is 1. The van der Waals surface area contributed by atoms with E-state index in [4.69, 9.17) is 28.3 Å². The second-order valence-corrected chi connectivity index (χ2v) is 14.4. The number of hydrogen-bond donors (Lipinski definition) is 2. The summed E-state index contributed by atoms with van der Waals surface area (Å²) >= 11 is 16.0. The molecular weight excluding hydrogens is 573 g/mol. The van der Waals surface area contributed by atoms with Gasteiger partial charge in [0.1, 0.15) is 6.54 Å². The van der Waals surface area contributed by atoms with Gasteiger partial charge < -0.3 is 5.32 Å². The highest BCUT2D eigenvalue weighted by molar-refractivity contribution is 8.00. The van der Waals surface area contributed by atoms with Gasteiger partial charge >= 0.3 is 4.87 Å². The van der Waals surface area contributed by atoms with Crippen molar-refractivity contribution < 1.29 is 13.2 Å². The number of fused-ring (bicyclic) bond motifs is 6. The Morgan fingerprint density at radius 3 is 2.57 bits per heavy atom. The van der Waals surface area contributed by atoms with E-state index in [2.05, 4.69) is 5.32 Å². The maximum Gasteiger partial charge on any atom is 0.308 e. The number of aromatic nitrogens is 1. The van der Waals surface area contributed by atoms with E-state index in [0.717, 1.165) is 15.5 Å². The van der Waals surface area contributed by atoms with E-state index in [1.54, 1.807) is 22.4 Å². The van der Waals surface area contributed by atoms with Gasteiger partial charge in [-0.05, 0) is 72.9 Å². The van der Waals surface area contributed by atoms with Crippen LogP contribution in [0.4, 0.5) is 5.69 Å². The lowest BCUT2D eigenvalue weighted by Gasteiger charge is -2.40. The van der Waals surface area contributed by atoms with Gasteiger partial charge in [0.05, 0.1) is 20.0 Å². The molecule has 0 spiro atoms. The molecule has 2 fully saturated rings. The Labute approximate surface area is 232 Å². The number of nitrogens with zero attached hydrogens (tertiary/aromatic N) is 1. The highest BCUT2D eigenvalue weighted by atomic mass is 35.5. The smallest absolute Gasteiger partial charge is 0.308 e. The zero-order valence-corrected chi connectivity index (χ0v) is 23.4. The summed E-state index contributed by atoms with van der Waals surface area (Å²) in [6, 6.07) is 11.3. The van der Waals surface area contributed by atoms with Crippen LogP contribution in [0, 0.1) is 17.8 Å². The molecule has 2 aromatic carbocycles. The fourth-order valence-electron chi connectivity index (χ4n) is 6.27. The van der Waals surface area contributed by atoms with Crippen LogP contribution in [0.1, 0.15) is 35.6 Å². The molecule has 6 rings (SSSR count). The number of amides is 1. The standard InChI is InChI=1S/C25H23Cl2N3O4S3/c26-17-3-1-2-16(21(17)27)20-19-12-4-5-13(10-12)22(19)35-24-23(20)36-25(32)30(24)11-18(31)29-14-6-8-15(9-7-14)37(28,33)34/h1-3,6-9,12-13,19-20,22H,4-5,10-11H2,(H,29,31)(H2,28,33,34)/t12?,13?,19?,20-,22?/m0/s1. The van der Waals surface area contributed by atoms with Gasteiger partial charge in [0.2, 0.25) is 15.9 Å². The molecule has 1 aromatic heterocycles. The zero-order valence-electron chi connectivity index (χ0n) is 19.4. The van der Waals surface area contributed by atoms with Crippen molar-refractivity contribution >= 4 is 67.9 Å². The van der Waals surface area contributed by atoms with Gasteiger partial charge in [-0.25, -0.2) is 13.6 Å². The second kappa shape index (κ2) is 9.43. The topological polar surface area (TPSA) is 111 Å². The Hall–Kier alpha value is -1.82. The molecule has 0 saturated heterocycles. The van der Waals surface area contributed by atoms with E-state index in [1.165, 1.54) is 54.9 Å². The number of halogens is 2. The van der Waals surface area contributed by atoms with Crippen molar-refractivity contribution in [3.05, 3.63) is 72.6 Å². The lowest BCUT2D eigenvalue weighted by atomic mass is 9.75. The van der Waals surface area contributed by atoms with E-state index >= 15 is 0 Å². The molecule has 2 heterocycles. The Morgan fingerprint density at radius 1 is 1.11 bits per heavy atom. The Morgan fingerprint density at radius 2 is 1.84 bits per heavy atom. The number of thioether (sulfide) groups is 1. The molecule has 2 saturated carbocycles. The summed E-state index contributed by atoms with van der Waals surface area (Å²) < 4.78 is 24.5. The van der Waals surface area contributed by atoms with Crippen LogP contribution in [0.25, 0.3) is 0 Å². The normalized spacial score (nSPS) is 26.1. The molecule has 3 aliphatic rings. The lowest BCUT2D eigenvalue weighted by Crippen LogP contribution is -2.35. The van der Waals surface area contributed by atoms with Gasteiger partial charge in [-0.15, -0.1) is 11.8 Å². The molecule has 3 aromatic rings.